The van der Waals surface area contributed by atoms with Crippen LogP contribution in [0.15, 0.2) is 41.3 Å². The van der Waals surface area contributed by atoms with Crippen molar-refractivity contribution in [3.8, 4) is 0 Å². The molecule has 182 valence electrons. The molecule has 0 saturated carbocycles. The summed E-state index contributed by atoms with van der Waals surface area (Å²) in [6.07, 6.45) is 1.70. The first-order valence-electron chi connectivity index (χ1n) is 11.3. The Morgan fingerprint density at radius 2 is 1.70 bits per heavy atom. The summed E-state index contributed by atoms with van der Waals surface area (Å²) in [6.45, 7) is 11.8. The molecule has 1 unspecified atom stereocenters. The Morgan fingerprint density at radius 1 is 1.09 bits per heavy atom. The highest BCUT2D eigenvalue weighted by atomic mass is 32.2. The van der Waals surface area contributed by atoms with Gasteiger partial charge >= 0.3 is 5.97 Å². The molecule has 0 radical (unpaired) electrons. The molecule has 0 bridgehead atoms. The number of hydrogen-bond acceptors (Lipinski definition) is 7. The maximum Gasteiger partial charge on any atom is 0.365 e. The number of hydrogen-bond donors (Lipinski definition) is 0. The molecular formula is C24H35N3O5S. The van der Waals surface area contributed by atoms with Gasteiger partial charge in [-0.2, -0.15) is 5.06 Å². The van der Waals surface area contributed by atoms with E-state index in [1.165, 1.54) is 0 Å². The van der Waals surface area contributed by atoms with Crippen molar-refractivity contribution in [3.05, 3.63) is 47.8 Å². The lowest BCUT2D eigenvalue weighted by atomic mass is 9.82. The highest BCUT2D eigenvalue weighted by molar-refractivity contribution is 7.91. The fourth-order valence-corrected chi connectivity index (χ4v) is 5.79. The third kappa shape index (κ3) is 6.02. The summed E-state index contributed by atoms with van der Waals surface area (Å²) in [6, 6.07) is 10.0. The summed E-state index contributed by atoms with van der Waals surface area (Å²) < 4.78 is 25.8. The van der Waals surface area contributed by atoms with Crippen LogP contribution in [0.25, 0.3) is 0 Å². The smallest absolute Gasteiger partial charge is 0.316 e. The summed E-state index contributed by atoms with van der Waals surface area (Å²) in [4.78, 5) is 26.4. The molecule has 1 fully saturated rings. The number of nitrogens with zero attached hydrogens (tertiary/aromatic N) is 3. The minimum atomic E-state index is -3.59. The Hall–Kier alpha value is -2.23. The number of sulfone groups is 1. The summed E-state index contributed by atoms with van der Waals surface area (Å²) in [7, 11) is -3.59. The van der Waals surface area contributed by atoms with Crippen LogP contribution in [-0.4, -0.2) is 52.3 Å². The van der Waals surface area contributed by atoms with Gasteiger partial charge in [0.05, 0.1) is 22.0 Å². The second-order valence-electron chi connectivity index (χ2n) is 10.00. The molecule has 1 aromatic heterocycles. The molecule has 0 amide bonds. The largest absolute Gasteiger partial charge is 0.365 e. The summed E-state index contributed by atoms with van der Waals surface area (Å²) >= 11 is 0. The van der Waals surface area contributed by atoms with Gasteiger partial charge in [0.2, 0.25) is 0 Å². The second-order valence-corrected chi connectivity index (χ2v) is 12.1. The highest BCUT2D eigenvalue weighted by Crippen LogP contribution is 2.39. The predicted octanol–water partition coefficient (Wildman–Crippen LogP) is 3.66. The number of carbonyl (C=O) groups excluding carboxylic acids is 1. The molecule has 1 aliphatic heterocycles. The van der Waals surface area contributed by atoms with Crippen molar-refractivity contribution >= 4 is 15.8 Å². The topological polar surface area (TPSA) is 90.7 Å². The highest BCUT2D eigenvalue weighted by Gasteiger charge is 2.45. The minimum Gasteiger partial charge on any atom is -0.316 e. The number of aromatic nitrogens is 2. The van der Waals surface area contributed by atoms with Gasteiger partial charge in [-0.15, -0.1) is 5.10 Å². The van der Waals surface area contributed by atoms with Crippen LogP contribution in [0.2, 0.25) is 0 Å². The molecule has 8 nitrogen and oxygen atoms in total. The van der Waals surface area contributed by atoms with E-state index in [1.807, 2.05) is 5.06 Å². The van der Waals surface area contributed by atoms with Crippen LogP contribution in [0.5, 0.6) is 0 Å². The first kappa shape index (κ1) is 25.4. The molecule has 9 heteroatoms. The average molecular weight is 478 g/mol. The fourth-order valence-electron chi connectivity index (χ4n) is 4.46. The third-order valence-electron chi connectivity index (χ3n) is 6.07. The van der Waals surface area contributed by atoms with E-state index in [4.69, 9.17) is 9.68 Å². The molecule has 0 N–H and O–H groups in total. The van der Waals surface area contributed by atoms with Crippen molar-refractivity contribution in [1.29, 1.82) is 0 Å². The van der Waals surface area contributed by atoms with Gasteiger partial charge in [-0.25, -0.2) is 13.2 Å². The zero-order valence-electron chi connectivity index (χ0n) is 20.4. The molecular weight excluding hydrogens is 442 g/mol. The molecule has 1 atom stereocenters. The molecule has 2 aromatic rings. The summed E-state index contributed by atoms with van der Waals surface area (Å²) in [5.74, 6) is -0.926. The van der Waals surface area contributed by atoms with Crippen molar-refractivity contribution in [2.75, 3.05) is 5.75 Å². The van der Waals surface area contributed by atoms with Crippen LogP contribution in [0.4, 0.5) is 0 Å². The first-order chi connectivity index (χ1) is 15.3. The van der Waals surface area contributed by atoms with Crippen molar-refractivity contribution < 1.29 is 22.9 Å². The number of hydroxylamine groups is 2. The van der Waals surface area contributed by atoms with Gasteiger partial charge < -0.3 is 4.84 Å². The molecule has 0 spiro atoms. The van der Waals surface area contributed by atoms with Crippen LogP contribution in [0.3, 0.4) is 0 Å². The molecule has 0 aliphatic carbocycles. The van der Waals surface area contributed by atoms with E-state index in [1.54, 1.807) is 50.2 Å². The fraction of sp³-hybridized carbons (Fsp3) is 0.583. The van der Waals surface area contributed by atoms with Gasteiger partial charge in [-0.3, -0.25) is 4.84 Å². The van der Waals surface area contributed by atoms with Gasteiger partial charge in [-0.1, -0.05) is 23.0 Å². The maximum atomic E-state index is 13.2. The van der Waals surface area contributed by atoms with Crippen LogP contribution in [0.1, 0.15) is 64.8 Å². The minimum absolute atomic E-state index is 0.0436. The van der Waals surface area contributed by atoms with E-state index < -0.39 is 21.9 Å². The second kappa shape index (κ2) is 9.56. The van der Waals surface area contributed by atoms with E-state index in [-0.39, 0.29) is 28.1 Å². The lowest BCUT2D eigenvalue weighted by Gasteiger charge is -2.52. The van der Waals surface area contributed by atoms with Crippen molar-refractivity contribution in [2.45, 2.75) is 89.3 Å². The number of carbonyl (C=O) groups is 1. The molecule has 33 heavy (non-hydrogen) atoms. The standard InChI is InChI=1S/C24H35N3O5S/c1-18-17-19(2)26(25-18)32-22(28)21(13-16-33(29,30)20-11-8-7-9-12-20)31-27-23(3,4)14-10-15-24(27,5)6/h7-9,11-12,17,21H,10,13-16H2,1-6H3. The van der Waals surface area contributed by atoms with E-state index in [9.17, 15) is 13.2 Å². The van der Waals surface area contributed by atoms with Crippen LogP contribution in [0, 0.1) is 13.8 Å². The van der Waals surface area contributed by atoms with Crippen LogP contribution in [-0.2, 0) is 19.5 Å². The quantitative estimate of drug-likeness (QED) is 0.573. The Labute approximate surface area is 196 Å². The Balaban J connectivity index is 1.85. The van der Waals surface area contributed by atoms with Gasteiger partial charge in [-0.05, 0) is 79.0 Å². The predicted molar refractivity (Wildman–Crippen MR) is 125 cm³/mol. The molecule has 1 aromatic carbocycles. The Bertz CT molecular complexity index is 1060. The van der Waals surface area contributed by atoms with E-state index >= 15 is 0 Å². The van der Waals surface area contributed by atoms with Crippen molar-refractivity contribution in [3.63, 3.8) is 0 Å². The third-order valence-corrected chi connectivity index (χ3v) is 7.83. The molecule has 2 heterocycles. The SMILES string of the molecule is Cc1cc(C)n(OC(=O)C(CCS(=O)(=O)c2ccccc2)ON2C(C)(C)CCCC2(C)C)n1. The zero-order valence-corrected chi connectivity index (χ0v) is 21.2. The Kier molecular flexibility index (Phi) is 7.36. The number of aryl methyl sites for hydroxylation is 2. The monoisotopic (exact) mass is 477 g/mol. The summed E-state index contributed by atoms with van der Waals surface area (Å²) in [5.41, 5.74) is 0.728. The summed E-state index contributed by atoms with van der Waals surface area (Å²) in [5, 5.41) is 6.03. The van der Waals surface area contributed by atoms with Crippen LogP contribution < -0.4 is 4.84 Å². The van der Waals surface area contributed by atoms with Gasteiger partial charge in [0.1, 0.15) is 0 Å². The van der Waals surface area contributed by atoms with Gasteiger partial charge in [0.15, 0.2) is 15.9 Å². The zero-order chi connectivity index (χ0) is 24.4. The molecule has 1 aliphatic rings. The number of rotatable bonds is 8. The van der Waals surface area contributed by atoms with E-state index in [2.05, 4.69) is 32.8 Å². The Morgan fingerprint density at radius 3 is 2.24 bits per heavy atom. The maximum absolute atomic E-state index is 13.2. The van der Waals surface area contributed by atoms with Gasteiger partial charge in [0, 0.05) is 17.5 Å². The average Bonchev–Trinajstić information content (AvgIpc) is 3.03. The van der Waals surface area contributed by atoms with Crippen molar-refractivity contribution in [2.24, 2.45) is 0 Å². The molecule has 3 rings (SSSR count). The van der Waals surface area contributed by atoms with Crippen molar-refractivity contribution in [1.82, 2.24) is 15.0 Å². The molecule has 1 saturated heterocycles. The van der Waals surface area contributed by atoms with E-state index in [0.29, 0.717) is 11.4 Å². The number of benzene rings is 1. The lowest BCUT2D eigenvalue weighted by molar-refractivity contribution is -0.303. The van der Waals surface area contributed by atoms with Gasteiger partial charge in [0.25, 0.3) is 0 Å². The number of piperidine rings is 1. The van der Waals surface area contributed by atoms with Crippen LogP contribution >= 0.6 is 0 Å². The first-order valence-corrected chi connectivity index (χ1v) is 13.0. The van der Waals surface area contributed by atoms with E-state index in [0.717, 1.165) is 24.1 Å². The lowest BCUT2D eigenvalue weighted by Crippen LogP contribution is -2.60. The normalized spacial score (nSPS) is 19.2.